The van der Waals surface area contributed by atoms with Gasteiger partial charge in [-0.3, -0.25) is 4.90 Å². The van der Waals surface area contributed by atoms with Crippen molar-refractivity contribution in [2.24, 2.45) is 0 Å². The smallest absolute Gasteiger partial charge is 0.429 e. The van der Waals surface area contributed by atoms with E-state index in [1.165, 1.54) is 14.9 Å². The number of anilines is 1. The molecule has 0 saturated carbocycles. The zero-order valence-electron chi connectivity index (χ0n) is 16.8. The maximum atomic E-state index is 13.3. The number of para-hydroxylation sites is 1. The molecule has 2 heterocycles. The van der Waals surface area contributed by atoms with Gasteiger partial charge in [-0.25, -0.2) is 19.6 Å². The van der Waals surface area contributed by atoms with E-state index in [4.69, 9.17) is 4.74 Å². The third kappa shape index (κ3) is 3.64. The molecule has 2 aliphatic heterocycles. The van der Waals surface area contributed by atoms with E-state index < -0.39 is 24.4 Å². The Morgan fingerprint density at radius 3 is 2.37 bits per heavy atom. The Labute approximate surface area is 175 Å². The lowest BCUT2D eigenvalue weighted by atomic mass is 10.1. The summed E-state index contributed by atoms with van der Waals surface area (Å²) in [7, 11) is 0. The van der Waals surface area contributed by atoms with Crippen molar-refractivity contribution in [1.29, 1.82) is 0 Å². The number of nitrogens with zero attached hydrogens (tertiary/aromatic N) is 3. The number of hydrogen-bond acceptors (Lipinski definition) is 4. The number of carbonyl (C=O) groups is 2. The highest BCUT2D eigenvalue weighted by Crippen LogP contribution is 2.34. The Hall–Kier alpha value is -3.32. The molecule has 2 aromatic rings. The summed E-state index contributed by atoms with van der Waals surface area (Å²) in [5.74, 6) is 0. The molecule has 3 unspecified atom stereocenters. The topological polar surface area (TPSA) is 73.3 Å². The molecule has 1 fully saturated rings. The molecule has 0 radical (unpaired) electrons. The molecule has 3 atom stereocenters. The highest BCUT2D eigenvalue weighted by Gasteiger charge is 2.52. The Bertz CT molecular complexity index is 919. The zero-order chi connectivity index (χ0) is 21.1. The molecule has 7 nitrogen and oxygen atoms in total. The number of rotatable bonds is 5. The van der Waals surface area contributed by atoms with Crippen LogP contribution in [0.15, 0.2) is 72.8 Å². The molecule has 30 heavy (non-hydrogen) atoms. The molecule has 4 rings (SSSR count). The van der Waals surface area contributed by atoms with Crippen LogP contribution in [0, 0.1) is 0 Å². The molecule has 0 aliphatic carbocycles. The minimum Gasteiger partial charge on any atom is -0.443 e. The van der Waals surface area contributed by atoms with Crippen molar-refractivity contribution in [1.82, 2.24) is 10.0 Å². The number of aliphatic hydroxyl groups is 1. The highest BCUT2D eigenvalue weighted by atomic mass is 16.6. The van der Waals surface area contributed by atoms with E-state index in [-0.39, 0.29) is 12.6 Å². The van der Waals surface area contributed by atoms with Crippen molar-refractivity contribution in [3.63, 3.8) is 0 Å². The van der Waals surface area contributed by atoms with Crippen LogP contribution in [-0.4, -0.2) is 45.6 Å². The fraction of sp³-hybridized carbons (Fsp3) is 0.304. The van der Waals surface area contributed by atoms with Gasteiger partial charge in [0.15, 0.2) is 6.23 Å². The number of aliphatic hydroxyl groups excluding tert-OH is 1. The molecule has 2 aromatic carbocycles. The first-order valence-electron chi connectivity index (χ1n) is 10.2. The number of hydrogen-bond donors (Lipinski definition) is 1. The van der Waals surface area contributed by atoms with E-state index in [1.54, 1.807) is 30.3 Å². The van der Waals surface area contributed by atoms with Gasteiger partial charge in [0, 0.05) is 5.69 Å². The average Bonchev–Trinajstić information content (AvgIpc) is 3.03. The Morgan fingerprint density at radius 1 is 1.03 bits per heavy atom. The fourth-order valence-electron chi connectivity index (χ4n) is 3.91. The second-order valence-corrected chi connectivity index (χ2v) is 7.36. The molecule has 1 saturated heterocycles. The summed E-state index contributed by atoms with van der Waals surface area (Å²) in [5, 5.41) is 13.5. The summed E-state index contributed by atoms with van der Waals surface area (Å²) in [6.45, 7) is 2.13. The Kier molecular flexibility index (Phi) is 5.72. The van der Waals surface area contributed by atoms with E-state index in [9.17, 15) is 14.7 Å². The molecule has 3 amide bonds. The first-order chi connectivity index (χ1) is 14.6. The number of hydrazine groups is 1. The van der Waals surface area contributed by atoms with Crippen LogP contribution < -0.4 is 4.90 Å². The zero-order valence-corrected chi connectivity index (χ0v) is 16.8. The van der Waals surface area contributed by atoms with Crippen LogP contribution in [0.25, 0.3) is 0 Å². The minimum atomic E-state index is -1.11. The average molecular weight is 407 g/mol. The molecule has 2 aliphatic rings. The first kappa shape index (κ1) is 20.0. The second-order valence-electron chi connectivity index (χ2n) is 7.36. The number of carbonyl (C=O) groups excluding carboxylic acids is 2. The Balaban J connectivity index is 1.61. The van der Waals surface area contributed by atoms with Crippen molar-refractivity contribution < 1.29 is 19.4 Å². The second kappa shape index (κ2) is 8.59. The number of amides is 3. The van der Waals surface area contributed by atoms with Gasteiger partial charge in [-0.15, -0.1) is 0 Å². The molecular weight excluding hydrogens is 382 g/mol. The predicted molar refractivity (Wildman–Crippen MR) is 112 cm³/mol. The SMILES string of the molecule is CCCC1C=CC2C(O)N(c3ccccc3)C(=O)N2N1C(=O)OCc1ccccc1. The van der Waals surface area contributed by atoms with Crippen molar-refractivity contribution in [2.75, 3.05) is 4.90 Å². The lowest BCUT2D eigenvalue weighted by Gasteiger charge is -2.40. The quantitative estimate of drug-likeness (QED) is 0.763. The van der Waals surface area contributed by atoms with Gasteiger partial charge < -0.3 is 9.84 Å². The van der Waals surface area contributed by atoms with Crippen LogP contribution in [0.3, 0.4) is 0 Å². The van der Waals surface area contributed by atoms with Gasteiger partial charge in [-0.05, 0) is 24.1 Å². The summed E-state index contributed by atoms with van der Waals surface area (Å²) in [6.07, 6.45) is 3.46. The molecular formula is C23H25N3O4. The summed E-state index contributed by atoms with van der Waals surface area (Å²) < 4.78 is 5.54. The maximum Gasteiger partial charge on any atom is 0.429 e. The summed E-state index contributed by atoms with van der Waals surface area (Å²) in [6, 6.07) is 16.9. The van der Waals surface area contributed by atoms with E-state index in [1.807, 2.05) is 49.4 Å². The summed E-state index contributed by atoms with van der Waals surface area (Å²) >= 11 is 0. The van der Waals surface area contributed by atoms with Gasteiger partial charge in [-0.2, -0.15) is 0 Å². The van der Waals surface area contributed by atoms with Gasteiger partial charge in [0.25, 0.3) is 0 Å². The summed E-state index contributed by atoms with van der Waals surface area (Å²) in [4.78, 5) is 27.7. The van der Waals surface area contributed by atoms with Crippen molar-refractivity contribution in [3.05, 3.63) is 78.4 Å². The van der Waals surface area contributed by atoms with Crippen molar-refractivity contribution in [2.45, 2.75) is 44.7 Å². The molecule has 1 N–H and O–H groups in total. The van der Waals surface area contributed by atoms with Crippen LogP contribution in [0.2, 0.25) is 0 Å². The van der Waals surface area contributed by atoms with Gasteiger partial charge in [0.1, 0.15) is 12.6 Å². The number of benzene rings is 2. The lowest BCUT2D eigenvalue weighted by Crippen LogP contribution is -2.58. The molecule has 156 valence electrons. The molecule has 0 bridgehead atoms. The summed E-state index contributed by atoms with van der Waals surface area (Å²) in [5.41, 5.74) is 1.43. The van der Waals surface area contributed by atoms with E-state index in [2.05, 4.69) is 0 Å². The van der Waals surface area contributed by atoms with Gasteiger partial charge in [-0.1, -0.05) is 74.0 Å². The molecule has 0 aromatic heterocycles. The monoisotopic (exact) mass is 407 g/mol. The van der Waals surface area contributed by atoms with E-state index in [0.29, 0.717) is 12.1 Å². The van der Waals surface area contributed by atoms with Crippen LogP contribution in [0.4, 0.5) is 15.3 Å². The van der Waals surface area contributed by atoms with Crippen LogP contribution in [-0.2, 0) is 11.3 Å². The number of fused-ring (bicyclic) bond motifs is 1. The largest absolute Gasteiger partial charge is 0.443 e. The predicted octanol–water partition coefficient (Wildman–Crippen LogP) is 3.91. The Morgan fingerprint density at radius 2 is 1.70 bits per heavy atom. The van der Waals surface area contributed by atoms with Crippen LogP contribution >= 0.6 is 0 Å². The van der Waals surface area contributed by atoms with Crippen molar-refractivity contribution in [3.8, 4) is 0 Å². The third-order valence-corrected chi connectivity index (χ3v) is 5.34. The van der Waals surface area contributed by atoms with Gasteiger partial charge in [0.2, 0.25) is 0 Å². The minimum absolute atomic E-state index is 0.108. The number of ether oxygens (including phenoxy) is 1. The molecule has 7 heteroatoms. The van der Waals surface area contributed by atoms with Gasteiger partial charge >= 0.3 is 12.1 Å². The fourth-order valence-corrected chi connectivity index (χ4v) is 3.91. The van der Waals surface area contributed by atoms with E-state index in [0.717, 1.165) is 12.0 Å². The third-order valence-electron chi connectivity index (χ3n) is 5.34. The number of urea groups is 1. The first-order valence-corrected chi connectivity index (χ1v) is 10.2. The van der Waals surface area contributed by atoms with Gasteiger partial charge in [0.05, 0.1) is 6.04 Å². The molecule has 0 spiro atoms. The standard InChI is InChI=1S/C23H25N3O4/c1-2-9-19-14-15-20-21(27)24(18-12-7-4-8-13-18)22(28)26(20)25(19)23(29)30-16-17-10-5-3-6-11-17/h3-8,10-15,19-21,27H,2,9,16H2,1H3. The van der Waals surface area contributed by atoms with E-state index >= 15 is 0 Å². The maximum absolute atomic E-state index is 13.3. The van der Waals surface area contributed by atoms with Crippen LogP contribution in [0.1, 0.15) is 25.3 Å². The highest BCUT2D eigenvalue weighted by molar-refractivity contribution is 5.96. The lowest BCUT2D eigenvalue weighted by molar-refractivity contribution is -0.0382. The van der Waals surface area contributed by atoms with Crippen molar-refractivity contribution >= 4 is 17.8 Å². The van der Waals surface area contributed by atoms with Crippen LogP contribution in [0.5, 0.6) is 0 Å². The normalized spacial score (nSPS) is 22.9.